The Labute approximate surface area is 192 Å². The van der Waals surface area contributed by atoms with E-state index >= 15 is 0 Å². The fraction of sp³-hybridized carbons (Fsp3) is 0.391. The minimum absolute atomic E-state index is 0.00103. The summed E-state index contributed by atoms with van der Waals surface area (Å²) in [5, 5.41) is 1.77. The lowest BCUT2D eigenvalue weighted by Gasteiger charge is -2.16. The number of ether oxygens (including phenoxy) is 1. The van der Waals surface area contributed by atoms with E-state index in [2.05, 4.69) is 9.97 Å². The van der Waals surface area contributed by atoms with Crippen molar-refractivity contribution in [1.29, 1.82) is 0 Å². The molecule has 166 valence electrons. The fourth-order valence-corrected chi connectivity index (χ4v) is 6.50. The van der Waals surface area contributed by atoms with Crippen LogP contribution in [-0.4, -0.2) is 33.2 Å². The average molecular weight is 469 g/mol. The third-order valence-corrected chi connectivity index (χ3v) is 8.14. The van der Waals surface area contributed by atoms with E-state index in [4.69, 9.17) is 9.72 Å². The van der Waals surface area contributed by atoms with Crippen molar-refractivity contribution in [1.82, 2.24) is 19.5 Å². The Kier molecular flexibility index (Phi) is 5.88. The molecule has 0 spiro atoms. The molecule has 0 saturated carbocycles. The molecule has 32 heavy (non-hydrogen) atoms. The van der Waals surface area contributed by atoms with Gasteiger partial charge in [-0.15, -0.1) is 11.3 Å². The number of methoxy groups -OCH3 is 1. The van der Waals surface area contributed by atoms with Gasteiger partial charge >= 0.3 is 0 Å². The van der Waals surface area contributed by atoms with Crippen LogP contribution in [0.15, 0.2) is 39.0 Å². The Hall–Kier alpha value is -2.49. The second kappa shape index (κ2) is 8.80. The predicted molar refractivity (Wildman–Crippen MR) is 129 cm³/mol. The van der Waals surface area contributed by atoms with Crippen LogP contribution in [0.2, 0.25) is 0 Å². The first-order chi connectivity index (χ1) is 15.6. The molecule has 0 aliphatic heterocycles. The smallest absolute Gasteiger partial charge is 0.263 e. The summed E-state index contributed by atoms with van der Waals surface area (Å²) in [6.45, 7) is 2.82. The molecule has 1 unspecified atom stereocenters. The summed E-state index contributed by atoms with van der Waals surface area (Å²) >= 11 is 3.08. The number of nitrogens with one attached hydrogen (secondary N) is 1. The quantitative estimate of drug-likeness (QED) is 0.339. The number of nitrogens with zero attached hydrogens (tertiary/aromatic N) is 3. The van der Waals surface area contributed by atoms with Gasteiger partial charge in [0.1, 0.15) is 10.7 Å². The van der Waals surface area contributed by atoms with Gasteiger partial charge in [-0.3, -0.25) is 14.2 Å². The maximum atomic E-state index is 13.5. The second-order valence-corrected chi connectivity index (χ2v) is 10.4. The van der Waals surface area contributed by atoms with Gasteiger partial charge in [-0.1, -0.05) is 23.9 Å². The van der Waals surface area contributed by atoms with Crippen LogP contribution in [0.3, 0.4) is 0 Å². The normalized spacial score (nSPS) is 14.7. The Morgan fingerprint density at radius 3 is 2.88 bits per heavy atom. The molecule has 0 radical (unpaired) electrons. The van der Waals surface area contributed by atoms with Crippen LogP contribution < -0.4 is 11.1 Å². The van der Waals surface area contributed by atoms with E-state index in [1.54, 1.807) is 29.1 Å². The number of benzene rings is 1. The zero-order chi connectivity index (χ0) is 22.2. The van der Waals surface area contributed by atoms with Crippen LogP contribution in [0.4, 0.5) is 0 Å². The highest BCUT2D eigenvalue weighted by molar-refractivity contribution is 7.99. The number of aromatic nitrogens is 4. The number of thioether (sulfide) groups is 1. The van der Waals surface area contributed by atoms with Gasteiger partial charge in [0.15, 0.2) is 5.16 Å². The molecule has 9 heteroatoms. The number of rotatable bonds is 6. The number of hydrogen-bond donors (Lipinski definition) is 1. The van der Waals surface area contributed by atoms with E-state index < -0.39 is 0 Å². The van der Waals surface area contributed by atoms with E-state index in [0.29, 0.717) is 35.0 Å². The van der Waals surface area contributed by atoms with Crippen LogP contribution in [0.25, 0.3) is 21.1 Å². The minimum Gasteiger partial charge on any atom is -0.383 e. The third kappa shape index (κ3) is 3.78. The number of hydrogen-bond acceptors (Lipinski definition) is 7. The van der Waals surface area contributed by atoms with Gasteiger partial charge in [-0.2, -0.15) is 0 Å². The van der Waals surface area contributed by atoms with Crippen molar-refractivity contribution in [3.63, 3.8) is 0 Å². The third-order valence-electron chi connectivity index (χ3n) is 5.86. The molecule has 0 amide bonds. The summed E-state index contributed by atoms with van der Waals surface area (Å²) in [4.78, 5) is 40.6. The van der Waals surface area contributed by atoms with Crippen molar-refractivity contribution in [2.24, 2.45) is 0 Å². The molecule has 0 bridgehead atoms. The Balaban J connectivity index is 1.58. The summed E-state index contributed by atoms with van der Waals surface area (Å²) in [6, 6.07) is 7.29. The molecule has 3 aromatic heterocycles. The van der Waals surface area contributed by atoms with Crippen LogP contribution >= 0.6 is 23.1 Å². The number of aryl methyl sites for hydroxylation is 2. The van der Waals surface area contributed by atoms with Crippen LogP contribution in [0, 0.1) is 0 Å². The molecule has 3 heterocycles. The van der Waals surface area contributed by atoms with E-state index in [0.717, 1.165) is 35.9 Å². The zero-order valence-corrected chi connectivity index (χ0v) is 19.6. The number of para-hydroxylation sites is 1. The molecular formula is C23H24N4O3S2. The van der Waals surface area contributed by atoms with Gasteiger partial charge in [0.05, 0.1) is 34.7 Å². The minimum atomic E-state index is -0.194. The number of thiophene rings is 1. The van der Waals surface area contributed by atoms with Crippen LogP contribution in [0.1, 0.15) is 41.3 Å². The Morgan fingerprint density at radius 1 is 1.22 bits per heavy atom. The summed E-state index contributed by atoms with van der Waals surface area (Å²) in [5.74, 6) is 0.566. The highest BCUT2D eigenvalue weighted by Gasteiger charge is 2.23. The topological polar surface area (TPSA) is 89.9 Å². The standard InChI is InChI=1S/C23H24N4O3S2/c1-13(19-24-16-9-5-3-7-14(16)20(28)25-19)31-23-26-21-18(22(29)27(23)11-12-30-2)15-8-4-6-10-17(15)32-21/h3,5,7,9,13H,4,6,8,10-12H2,1-2H3,(H,24,25,28). The van der Waals surface area contributed by atoms with Gasteiger partial charge in [0.2, 0.25) is 0 Å². The Morgan fingerprint density at radius 2 is 2.03 bits per heavy atom. The summed E-state index contributed by atoms with van der Waals surface area (Å²) < 4.78 is 6.98. The molecule has 1 N–H and O–H groups in total. The predicted octanol–water partition coefficient (Wildman–Crippen LogP) is 4.07. The van der Waals surface area contributed by atoms with Crippen molar-refractivity contribution >= 4 is 44.2 Å². The fourth-order valence-electron chi connectivity index (χ4n) is 4.20. The Bertz CT molecular complexity index is 1420. The lowest BCUT2D eigenvalue weighted by Crippen LogP contribution is -2.26. The first-order valence-electron chi connectivity index (χ1n) is 10.8. The summed E-state index contributed by atoms with van der Waals surface area (Å²) in [7, 11) is 1.63. The van der Waals surface area contributed by atoms with Crippen LogP contribution in [-0.2, 0) is 24.1 Å². The summed E-state index contributed by atoms with van der Waals surface area (Å²) in [5.41, 5.74) is 1.68. The first kappa shape index (κ1) is 21.4. The molecule has 1 aliphatic carbocycles. The largest absolute Gasteiger partial charge is 0.383 e. The number of H-pyrrole nitrogens is 1. The maximum absolute atomic E-state index is 13.5. The zero-order valence-electron chi connectivity index (χ0n) is 18.0. The van der Waals surface area contributed by atoms with Crippen molar-refractivity contribution in [2.45, 2.75) is 49.6 Å². The van der Waals surface area contributed by atoms with E-state index in [-0.39, 0.29) is 16.4 Å². The molecule has 0 saturated heterocycles. The number of aromatic amines is 1. The van der Waals surface area contributed by atoms with Gasteiger partial charge in [0, 0.05) is 12.0 Å². The molecule has 1 aliphatic rings. The molecule has 4 aromatic rings. The SMILES string of the molecule is COCCn1c(SC(C)c2nc3ccccc3c(=O)[nH]2)nc2sc3c(c2c1=O)CCCC3. The van der Waals surface area contributed by atoms with E-state index in [9.17, 15) is 9.59 Å². The van der Waals surface area contributed by atoms with Crippen molar-refractivity contribution < 1.29 is 4.74 Å². The average Bonchev–Trinajstić information content (AvgIpc) is 3.17. The molecule has 1 aromatic carbocycles. The van der Waals surface area contributed by atoms with Crippen molar-refractivity contribution in [3.8, 4) is 0 Å². The highest BCUT2D eigenvalue weighted by Crippen LogP contribution is 2.37. The molecule has 5 rings (SSSR count). The van der Waals surface area contributed by atoms with Gasteiger partial charge in [0.25, 0.3) is 11.1 Å². The van der Waals surface area contributed by atoms with Gasteiger partial charge in [-0.25, -0.2) is 9.97 Å². The monoisotopic (exact) mass is 468 g/mol. The maximum Gasteiger partial charge on any atom is 0.263 e. The number of fused-ring (bicyclic) bond motifs is 4. The van der Waals surface area contributed by atoms with Gasteiger partial charge in [-0.05, 0) is 50.3 Å². The van der Waals surface area contributed by atoms with E-state index in [1.165, 1.54) is 22.2 Å². The molecule has 0 fully saturated rings. The first-order valence-corrected chi connectivity index (χ1v) is 12.5. The lowest BCUT2D eigenvalue weighted by molar-refractivity contribution is 0.183. The molecule has 1 atom stereocenters. The highest BCUT2D eigenvalue weighted by atomic mass is 32.2. The van der Waals surface area contributed by atoms with Crippen LogP contribution in [0.5, 0.6) is 0 Å². The lowest BCUT2D eigenvalue weighted by atomic mass is 9.97. The molecule has 7 nitrogen and oxygen atoms in total. The van der Waals surface area contributed by atoms with Gasteiger partial charge < -0.3 is 9.72 Å². The molecular weight excluding hydrogens is 444 g/mol. The van der Waals surface area contributed by atoms with Crippen molar-refractivity contribution in [3.05, 3.63) is 61.2 Å². The summed E-state index contributed by atoms with van der Waals surface area (Å²) in [6.07, 6.45) is 4.25. The van der Waals surface area contributed by atoms with Crippen molar-refractivity contribution in [2.75, 3.05) is 13.7 Å². The second-order valence-electron chi connectivity index (χ2n) is 7.96. The van der Waals surface area contributed by atoms with E-state index in [1.807, 2.05) is 25.1 Å².